The summed E-state index contributed by atoms with van der Waals surface area (Å²) in [5.41, 5.74) is 4.43. The van der Waals surface area contributed by atoms with Crippen molar-refractivity contribution in [3.8, 4) is 0 Å². The Hall–Kier alpha value is -0.710. The zero-order valence-electron chi connectivity index (χ0n) is 7.93. The van der Waals surface area contributed by atoms with E-state index < -0.39 is 23.9 Å². The first-order valence-electron chi connectivity index (χ1n) is 4.57. The van der Waals surface area contributed by atoms with Gasteiger partial charge in [0.2, 0.25) is 6.43 Å². The lowest BCUT2D eigenvalue weighted by atomic mass is 9.33. The molecule has 3 saturated carbocycles. The fourth-order valence-electron chi connectivity index (χ4n) is 2.89. The molecule has 0 amide bonds. The van der Waals surface area contributed by atoms with Crippen LogP contribution in [0.1, 0.15) is 19.3 Å². The maximum absolute atomic E-state index is 12.5. The average molecular weight is 205 g/mol. The molecule has 3 nitrogen and oxygen atoms in total. The number of hydrogen-bond donors (Lipinski definition) is 1. The third kappa shape index (κ3) is 0.960. The molecule has 0 spiro atoms. The summed E-state index contributed by atoms with van der Waals surface area (Å²) in [6.07, 6.45) is -1.18. The van der Waals surface area contributed by atoms with Gasteiger partial charge in [-0.05, 0) is 24.7 Å². The van der Waals surface area contributed by atoms with E-state index in [0.717, 1.165) is 0 Å². The predicted octanol–water partition coefficient (Wildman–Crippen LogP) is 0.922. The van der Waals surface area contributed by atoms with Gasteiger partial charge in [0.15, 0.2) is 0 Å². The van der Waals surface area contributed by atoms with Gasteiger partial charge in [-0.1, -0.05) is 0 Å². The van der Waals surface area contributed by atoms with Crippen molar-refractivity contribution in [3.63, 3.8) is 0 Å². The summed E-state index contributed by atoms with van der Waals surface area (Å²) in [5, 5.41) is 0. The summed E-state index contributed by atoms with van der Waals surface area (Å²) in [6.45, 7) is 0. The largest absolute Gasteiger partial charge is 0.468 e. The van der Waals surface area contributed by atoms with E-state index in [2.05, 4.69) is 4.74 Å². The van der Waals surface area contributed by atoms with Crippen LogP contribution in [-0.4, -0.2) is 25.5 Å². The van der Waals surface area contributed by atoms with Crippen molar-refractivity contribution in [1.29, 1.82) is 0 Å². The lowest BCUT2D eigenvalue weighted by Crippen LogP contribution is -2.72. The van der Waals surface area contributed by atoms with E-state index in [1.807, 2.05) is 0 Å². The van der Waals surface area contributed by atoms with Crippen LogP contribution in [-0.2, 0) is 9.53 Å². The van der Waals surface area contributed by atoms with Crippen LogP contribution in [0.2, 0.25) is 0 Å². The number of esters is 1. The van der Waals surface area contributed by atoms with Crippen LogP contribution in [0.3, 0.4) is 0 Å². The highest BCUT2D eigenvalue weighted by atomic mass is 19.3. The van der Waals surface area contributed by atoms with Gasteiger partial charge in [0.1, 0.15) is 6.04 Å². The molecule has 80 valence electrons. The van der Waals surface area contributed by atoms with E-state index in [1.54, 1.807) is 0 Å². The molecule has 2 bridgehead atoms. The second-order valence-electron chi connectivity index (χ2n) is 4.56. The zero-order chi connectivity index (χ0) is 10.6. The maximum Gasteiger partial charge on any atom is 0.323 e. The van der Waals surface area contributed by atoms with Crippen LogP contribution in [0, 0.1) is 10.8 Å². The van der Waals surface area contributed by atoms with E-state index >= 15 is 0 Å². The van der Waals surface area contributed by atoms with E-state index in [-0.39, 0.29) is 5.41 Å². The van der Waals surface area contributed by atoms with Crippen LogP contribution in [0.15, 0.2) is 0 Å². The van der Waals surface area contributed by atoms with E-state index in [9.17, 15) is 13.6 Å². The molecule has 0 saturated heterocycles. The quantitative estimate of drug-likeness (QED) is 0.697. The number of hydrogen-bond acceptors (Lipinski definition) is 3. The third-order valence-corrected chi connectivity index (χ3v) is 3.69. The Morgan fingerprint density at radius 2 is 1.86 bits per heavy atom. The number of carbonyl (C=O) groups excluding carboxylic acids is 1. The summed E-state index contributed by atoms with van der Waals surface area (Å²) in [4.78, 5) is 11.1. The van der Waals surface area contributed by atoms with Gasteiger partial charge in [-0.3, -0.25) is 4.79 Å². The van der Waals surface area contributed by atoms with Crippen LogP contribution in [0.4, 0.5) is 8.78 Å². The van der Waals surface area contributed by atoms with E-state index in [1.165, 1.54) is 7.11 Å². The molecular weight excluding hydrogens is 192 g/mol. The van der Waals surface area contributed by atoms with Gasteiger partial charge >= 0.3 is 5.97 Å². The Kier molecular flexibility index (Phi) is 1.86. The smallest absolute Gasteiger partial charge is 0.323 e. The number of ether oxygens (including phenoxy) is 1. The third-order valence-electron chi connectivity index (χ3n) is 3.69. The molecule has 0 heterocycles. The summed E-state index contributed by atoms with van der Waals surface area (Å²) in [6, 6.07) is -0.729. The Bertz CT molecular complexity index is 260. The molecule has 2 N–H and O–H groups in total. The van der Waals surface area contributed by atoms with Crippen LogP contribution < -0.4 is 5.73 Å². The SMILES string of the molecule is COC(=O)[C@H](N)C12CC(C(F)F)(C1)C2. The number of methoxy groups -OCH3 is 1. The highest BCUT2D eigenvalue weighted by Gasteiger charge is 2.74. The number of nitrogens with two attached hydrogens (primary N) is 1. The van der Waals surface area contributed by atoms with Gasteiger partial charge in [-0.2, -0.15) is 0 Å². The molecule has 1 atom stereocenters. The van der Waals surface area contributed by atoms with E-state index in [4.69, 9.17) is 5.73 Å². The van der Waals surface area contributed by atoms with Crippen molar-refractivity contribution in [2.24, 2.45) is 16.6 Å². The maximum atomic E-state index is 12.5. The lowest BCUT2D eigenvalue weighted by Gasteiger charge is -2.71. The highest BCUT2D eigenvalue weighted by Crippen LogP contribution is 2.76. The first kappa shape index (κ1) is 9.83. The second-order valence-corrected chi connectivity index (χ2v) is 4.56. The minimum Gasteiger partial charge on any atom is -0.468 e. The molecule has 0 radical (unpaired) electrons. The lowest BCUT2D eigenvalue weighted by molar-refractivity contribution is -0.274. The molecule has 0 aliphatic heterocycles. The van der Waals surface area contributed by atoms with Crippen LogP contribution in [0.5, 0.6) is 0 Å². The van der Waals surface area contributed by atoms with Crippen molar-refractivity contribution >= 4 is 5.97 Å². The molecular formula is C9H13F2NO2. The summed E-state index contributed by atoms with van der Waals surface area (Å²) < 4.78 is 29.4. The molecule has 0 aromatic carbocycles. The van der Waals surface area contributed by atoms with Gasteiger partial charge in [0.05, 0.1) is 7.11 Å². The van der Waals surface area contributed by atoms with Crippen molar-refractivity contribution in [2.45, 2.75) is 31.7 Å². The fraction of sp³-hybridized carbons (Fsp3) is 0.889. The van der Waals surface area contributed by atoms with Crippen molar-refractivity contribution < 1.29 is 18.3 Å². The Morgan fingerprint density at radius 3 is 2.21 bits per heavy atom. The number of carbonyl (C=O) groups is 1. The standard InChI is InChI=1S/C9H13F2NO2/c1-14-6(13)5(12)8-2-9(3-8,4-8)7(10)11/h5,7H,2-4,12H2,1H3/t5-,8?,9?/m0/s1. The second kappa shape index (κ2) is 2.66. The van der Waals surface area contributed by atoms with Crippen molar-refractivity contribution in [2.75, 3.05) is 7.11 Å². The molecule has 3 rings (SSSR count). The zero-order valence-corrected chi connectivity index (χ0v) is 7.93. The minimum absolute atomic E-state index is 0.369. The van der Waals surface area contributed by atoms with Crippen LogP contribution in [0.25, 0.3) is 0 Å². The first-order chi connectivity index (χ1) is 6.46. The average Bonchev–Trinajstić information content (AvgIpc) is 1.96. The van der Waals surface area contributed by atoms with Gasteiger partial charge in [0.25, 0.3) is 0 Å². The summed E-state index contributed by atoms with van der Waals surface area (Å²) in [5.74, 6) is -0.493. The van der Waals surface area contributed by atoms with Gasteiger partial charge in [-0.25, -0.2) is 8.78 Å². The van der Waals surface area contributed by atoms with Gasteiger partial charge in [-0.15, -0.1) is 0 Å². The Labute approximate surface area is 80.6 Å². The van der Waals surface area contributed by atoms with Crippen molar-refractivity contribution in [3.05, 3.63) is 0 Å². The highest BCUT2D eigenvalue weighted by molar-refractivity contribution is 5.77. The molecule has 0 aromatic rings. The Morgan fingerprint density at radius 1 is 1.36 bits per heavy atom. The van der Waals surface area contributed by atoms with Crippen LogP contribution >= 0.6 is 0 Å². The molecule has 5 heteroatoms. The number of alkyl halides is 2. The topological polar surface area (TPSA) is 52.3 Å². The monoisotopic (exact) mass is 205 g/mol. The molecule has 0 aromatic heterocycles. The normalized spacial score (nSPS) is 41.2. The fourth-order valence-corrected chi connectivity index (χ4v) is 2.89. The minimum atomic E-state index is -2.28. The van der Waals surface area contributed by atoms with Gasteiger partial charge < -0.3 is 10.5 Å². The van der Waals surface area contributed by atoms with Gasteiger partial charge in [0, 0.05) is 5.41 Å². The number of halogens is 2. The molecule has 3 aliphatic rings. The predicted molar refractivity (Wildman–Crippen MR) is 44.7 cm³/mol. The summed E-state index contributed by atoms with van der Waals surface area (Å²) >= 11 is 0. The van der Waals surface area contributed by atoms with Crippen molar-refractivity contribution in [1.82, 2.24) is 0 Å². The molecule has 3 aliphatic carbocycles. The molecule has 3 fully saturated rings. The van der Waals surface area contributed by atoms with E-state index in [0.29, 0.717) is 19.3 Å². The first-order valence-corrected chi connectivity index (χ1v) is 4.57. The number of rotatable bonds is 3. The molecule has 14 heavy (non-hydrogen) atoms. The Balaban J connectivity index is 1.97. The molecule has 0 unspecified atom stereocenters. The summed E-state index contributed by atoms with van der Waals surface area (Å²) in [7, 11) is 1.26.